The van der Waals surface area contributed by atoms with E-state index in [1.165, 1.54) is 12.3 Å². The van der Waals surface area contributed by atoms with Crippen molar-refractivity contribution in [2.45, 2.75) is 6.04 Å². The maximum Gasteiger partial charge on any atom is 0.257 e. The lowest BCUT2D eigenvalue weighted by molar-refractivity contribution is 0.0704. The van der Waals surface area contributed by atoms with Gasteiger partial charge in [0, 0.05) is 54.0 Å². The number of aromatic nitrogens is 5. The van der Waals surface area contributed by atoms with Crippen molar-refractivity contribution in [3.63, 3.8) is 0 Å². The lowest BCUT2D eigenvalue weighted by Gasteiger charge is -2.24. The van der Waals surface area contributed by atoms with Crippen LogP contribution in [0.15, 0.2) is 48.9 Å². The van der Waals surface area contributed by atoms with Crippen LogP contribution in [0.1, 0.15) is 37.2 Å². The van der Waals surface area contributed by atoms with E-state index in [1.807, 2.05) is 0 Å². The highest BCUT2D eigenvalue weighted by molar-refractivity contribution is 6.10. The number of anilines is 1. The van der Waals surface area contributed by atoms with Crippen molar-refractivity contribution in [1.29, 1.82) is 0 Å². The number of ether oxygens (including phenoxy) is 1. The van der Waals surface area contributed by atoms with Crippen LogP contribution in [0.5, 0.6) is 5.75 Å². The highest BCUT2D eigenvalue weighted by Gasteiger charge is 2.32. The molecule has 0 saturated heterocycles. The summed E-state index contributed by atoms with van der Waals surface area (Å²) in [7, 11) is 3.48. The number of benzene rings is 2. The van der Waals surface area contributed by atoms with Crippen molar-refractivity contribution in [3.05, 3.63) is 77.0 Å². The largest absolute Gasteiger partial charge is 0.491 e. The molecule has 3 aromatic heterocycles. The molecule has 1 amide bonds. The molecule has 184 valence electrons. The van der Waals surface area contributed by atoms with E-state index in [2.05, 4.69) is 27.0 Å². The summed E-state index contributed by atoms with van der Waals surface area (Å²) < 4.78 is 48.8. The monoisotopic (exact) mass is 498 g/mol. The average Bonchev–Trinajstić information content (AvgIpc) is 3.61. The number of carbonyl (C=O) groups excluding carboxylic acids is 1. The van der Waals surface area contributed by atoms with Gasteiger partial charge in [0.25, 0.3) is 5.91 Å². The summed E-state index contributed by atoms with van der Waals surface area (Å²) in [4.78, 5) is 18.7. The molecule has 9 nitrogen and oxygen atoms in total. The Morgan fingerprint density at radius 3 is 2.81 bits per heavy atom. The molecular formula is C27H22FN7O2. The number of nitrogen functional groups attached to an aromatic ring is 1. The summed E-state index contributed by atoms with van der Waals surface area (Å²) in [5.74, 6) is 4.68. The summed E-state index contributed by atoms with van der Waals surface area (Å²) in [5, 5.41) is 9.23. The molecule has 1 aliphatic rings. The zero-order valence-corrected chi connectivity index (χ0v) is 19.9. The van der Waals surface area contributed by atoms with E-state index in [0.717, 1.165) is 11.6 Å². The SMILES string of the molecule is [2H]C([2H])([2H])N(C(=O)c1cc2c(cc1F)nc(N)c1cnn(C)c12)[C@@H]1COc2cc(C#Cc3cnn(C)c3)ccc21. The second-order valence-electron chi connectivity index (χ2n) is 8.78. The van der Waals surface area contributed by atoms with Crippen molar-refractivity contribution in [3.8, 4) is 17.6 Å². The van der Waals surface area contributed by atoms with Crippen molar-refractivity contribution in [2.24, 2.45) is 14.1 Å². The fourth-order valence-corrected chi connectivity index (χ4v) is 4.53. The first-order chi connectivity index (χ1) is 19.0. The van der Waals surface area contributed by atoms with Crippen LogP contribution in [0.3, 0.4) is 0 Å². The molecule has 0 aliphatic carbocycles. The van der Waals surface area contributed by atoms with Gasteiger partial charge in [0.1, 0.15) is 24.0 Å². The zero-order chi connectivity index (χ0) is 28.3. The summed E-state index contributed by atoms with van der Waals surface area (Å²) >= 11 is 0. The first kappa shape index (κ1) is 19.3. The van der Waals surface area contributed by atoms with E-state index in [-0.39, 0.29) is 17.9 Å². The second kappa shape index (κ2) is 8.34. The number of nitrogens with zero attached hydrogens (tertiary/aromatic N) is 6. The van der Waals surface area contributed by atoms with Gasteiger partial charge in [0.2, 0.25) is 0 Å². The topological polar surface area (TPSA) is 104 Å². The normalized spacial score (nSPS) is 15.9. The number of hydrogen-bond acceptors (Lipinski definition) is 6. The Balaban J connectivity index is 1.39. The Labute approximate surface area is 215 Å². The molecule has 10 heteroatoms. The predicted octanol–water partition coefficient (Wildman–Crippen LogP) is 3.18. The van der Waals surface area contributed by atoms with Gasteiger partial charge in [-0.2, -0.15) is 10.2 Å². The van der Waals surface area contributed by atoms with Crippen molar-refractivity contribution in [2.75, 3.05) is 19.3 Å². The first-order valence-corrected chi connectivity index (χ1v) is 11.3. The van der Waals surface area contributed by atoms with Gasteiger partial charge in [0.05, 0.1) is 46.0 Å². The molecule has 1 atom stereocenters. The van der Waals surface area contributed by atoms with Crippen LogP contribution in [0.4, 0.5) is 10.2 Å². The molecule has 2 aromatic carbocycles. The van der Waals surface area contributed by atoms with E-state index in [9.17, 15) is 4.79 Å². The molecule has 6 rings (SSSR count). The number of aryl methyl sites for hydroxylation is 2. The third kappa shape index (κ3) is 3.72. The number of nitrogens with two attached hydrogens (primary N) is 1. The zero-order valence-electron chi connectivity index (χ0n) is 22.9. The Bertz CT molecular complexity index is 1900. The number of likely N-dealkylation sites (N-methyl/N-ethyl adjacent to an activating group) is 1. The Hall–Kier alpha value is -4.91. The van der Waals surface area contributed by atoms with Crippen molar-refractivity contribution in [1.82, 2.24) is 29.4 Å². The van der Waals surface area contributed by atoms with Gasteiger partial charge in [-0.1, -0.05) is 17.9 Å². The number of amides is 1. The van der Waals surface area contributed by atoms with Gasteiger partial charge in [-0.25, -0.2) is 9.37 Å². The number of carbonyl (C=O) groups is 1. The molecule has 0 bridgehead atoms. The molecule has 0 spiro atoms. The minimum Gasteiger partial charge on any atom is -0.491 e. The molecule has 0 saturated carbocycles. The molecule has 1 aliphatic heterocycles. The lowest BCUT2D eigenvalue weighted by Crippen LogP contribution is -2.32. The van der Waals surface area contributed by atoms with Gasteiger partial charge in [0.15, 0.2) is 0 Å². The average molecular weight is 499 g/mol. The highest BCUT2D eigenvalue weighted by atomic mass is 19.1. The summed E-state index contributed by atoms with van der Waals surface area (Å²) in [6.07, 6.45) is 4.95. The van der Waals surface area contributed by atoms with Crippen LogP contribution < -0.4 is 10.5 Å². The van der Waals surface area contributed by atoms with Crippen LogP contribution in [-0.2, 0) is 14.1 Å². The summed E-state index contributed by atoms with van der Waals surface area (Å²) in [6.45, 7) is -3.01. The number of halogens is 1. The Kier molecular flexibility index (Phi) is 4.35. The summed E-state index contributed by atoms with van der Waals surface area (Å²) in [5.41, 5.74) is 8.23. The van der Waals surface area contributed by atoms with E-state index in [4.69, 9.17) is 14.6 Å². The molecular weight excluding hydrogens is 473 g/mol. The number of rotatable bonds is 2. The Morgan fingerprint density at radius 1 is 1.19 bits per heavy atom. The lowest BCUT2D eigenvalue weighted by atomic mass is 10.0. The smallest absolute Gasteiger partial charge is 0.257 e. The third-order valence-electron chi connectivity index (χ3n) is 6.38. The van der Waals surface area contributed by atoms with Crippen LogP contribution in [-0.4, -0.2) is 48.9 Å². The Morgan fingerprint density at radius 2 is 2.03 bits per heavy atom. The predicted molar refractivity (Wildman–Crippen MR) is 136 cm³/mol. The highest BCUT2D eigenvalue weighted by Crippen LogP contribution is 2.37. The van der Waals surface area contributed by atoms with Gasteiger partial charge in [-0.3, -0.25) is 14.2 Å². The molecule has 37 heavy (non-hydrogen) atoms. The van der Waals surface area contributed by atoms with Gasteiger partial charge in [-0.05, 0) is 18.2 Å². The van der Waals surface area contributed by atoms with Gasteiger partial charge in [-0.15, -0.1) is 0 Å². The second-order valence-corrected chi connectivity index (χ2v) is 8.78. The van der Waals surface area contributed by atoms with Gasteiger partial charge >= 0.3 is 0 Å². The van der Waals surface area contributed by atoms with Crippen LogP contribution >= 0.6 is 0 Å². The van der Waals surface area contributed by atoms with Crippen LogP contribution in [0, 0.1) is 17.7 Å². The number of fused-ring (bicyclic) bond motifs is 4. The number of pyridine rings is 1. The van der Waals surface area contributed by atoms with Gasteiger partial charge < -0.3 is 15.4 Å². The molecule has 0 fully saturated rings. The fraction of sp³-hybridized carbons (Fsp3) is 0.185. The quantitative estimate of drug-likeness (QED) is 0.375. The molecule has 0 unspecified atom stereocenters. The van der Waals surface area contributed by atoms with E-state index in [0.29, 0.717) is 38.1 Å². The van der Waals surface area contributed by atoms with E-state index < -0.39 is 30.3 Å². The first-order valence-electron chi connectivity index (χ1n) is 12.8. The standard InChI is InChI=1S/C27H22FN7O2/c1-33-13-16(11-30-33)5-4-15-6-7-17-23(14-37-24(17)8-15)34(2)27(36)18-9-19-22(10-21(18)28)32-26(29)20-12-31-35(3)25(19)20/h6-13,23H,14H2,1-3H3,(H2,29,32)/t23-/m1/s1/i2D3. The van der Waals surface area contributed by atoms with E-state index in [1.54, 1.807) is 54.1 Å². The molecule has 2 N–H and O–H groups in total. The summed E-state index contributed by atoms with van der Waals surface area (Å²) in [6, 6.07) is 6.48. The van der Waals surface area contributed by atoms with E-state index >= 15 is 4.39 Å². The molecule has 5 aromatic rings. The number of hydrogen-bond donors (Lipinski definition) is 1. The molecule has 4 heterocycles. The maximum absolute atomic E-state index is 15.4. The molecule has 0 radical (unpaired) electrons. The minimum atomic E-state index is -2.89. The fourth-order valence-electron chi connectivity index (χ4n) is 4.53. The maximum atomic E-state index is 15.4. The van der Waals surface area contributed by atoms with Crippen molar-refractivity contribution >= 4 is 33.5 Å². The van der Waals surface area contributed by atoms with Crippen molar-refractivity contribution < 1.29 is 18.0 Å². The minimum absolute atomic E-state index is 0.113. The van der Waals surface area contributed by atoms with Crippen LogP contribution in [0.25, 0.3) is 21.8 Å². The third-order valence-corrected chi connectivity index (χ3v) is 6.38. The van der Waals surface area contributed by atoms with Crippen LogP contribution in [0.2, 0.25) is 0 Å².